The molecule has 0 amide bonds. The van der Waals surface area contributed by atoms with Crippen molar-refractivity contribution >= 4 is 17.1 Å². The van der Waals surface area contributed by atoms with Gasteiger partial charge in [-0.1, -0.05) is 170 Å². The van der Waals surface area contributed by atoms with E-state index in [0.717, 1.165) is 39.7 Å². The minimum atomic E-state index is -0.619. The van der Waals surface area contributed by atoms with Gasteiger partial charge in [0.1, 0.15) is 11.5 Å². The van der Waals surface area contributed by atoms with E-state index in [1.165, 1.54) is 55.6 Å². The predicted molar refractivity (Wildman–Crippen MR) is 235 cm³/mol. The van der Waals surface area contributed by atoms with Crippen LogP contribution in [0.25, 0.3) is 44.5 Å². The van der Waals surface area contributed by atoms with Gasteiger partial charge in [0.05, 0.1) is 5.41 Å². The number of nitrogens with zero attached hydrogens (tertiary/aromatic N) is 1. The number of fused-ring (bicyclic) bond motifs is 9. The van der Waals surface area contributed by atoms with Gasteiger partial charge in [0.25, 0.3) is 0 Å². The molecule has 0 unspecified atom stereocenters. The maximum Gasteiger partial charge on any atom is 0.132 e. The van der Waals surface area contributed by atoms with Crippen molar-refractivity contribution in [3.05, 3.63) is 247 Å². The zero-order valence-corrected chi connectivity index (χ0v) is 31.2. The Balaban J connectivity index is 1.16. The van der Waals surface area contributed by atoms with Gasteiger partial charge in [-0.05, 0) is 110 Å². The van der Waals surface area contributed by atoms with Crippen LogP contribution < -0.4 is 9.64 Å². The van der Waals surface area contributed by atoms with Gasteiger partial charge in [-0.3, -0.25) is 0 Å². The summed E-state index contributed by atoms with van der Waals surface area (Å²) < 4.78 is 6.72. The fraction of sp³-hybridized carbons (Fsp3) is 0.0182. The number of benzene rings is 9. The molecule has 1 heterocycles. The highest BCUT2D eigenvalue weighted by molar-refractivity contribution is 5.93. The van der Waals surface area contributed by atoms with Crippen molar-refractivity contribution in [1.82, 2.24) is 0 Å². The SMILES string of the molecule is c1ccc(-c2ccc(N(c3cccc(-c4ccccc4)c3)c3ccc4c(c3)C3(c5ccccc5Oc5ccccc53)c3cc(-c5ccccc5)ccc3-4)cc2)cc1. The maximum absolute atomic E-state index is 6.72. The van der Waals surface area contributed by atoms with E-state index in [0.29, 0.717) is 0 Å². The minimum Gasteiger partial charge on any atom is -0.457 e. The standard InChI is InChI=1S/C55H37NO/c1-4-15-38(16-5-1)41-27-30-44(31-28-41)56(45-22-14-21-42(35-45)39-17-6-2-7-18-39)46-32-34-48-47-33-29-43(40-19-8-3-9-20-40)36-51(47)55(52(48)37-46)49-23-10-12-25-53(49)57-54-26-13-11-24-50(54)55/h1-37H. The fourth-order valence-electron chi connectivity index (χ4n) is 9.17. The van der Waals surface area contributed by atoms with Gasteiger partial charge in [-0.25, -0.2) is 0 Å². The predicted octanol–water partition coefficient (Wildman–Crippen LogP) is 14.6. The van der Waals surface area contributed by atoms with Crippen LogP contribution in [0.5, 0.6) is 11.5 Å². The normalized spacial score (nSPS) is 12.8. The molecule has 57 heavy (non-hydrogen) atoms. The van der Waals surface area contributed by atoms with Crippen molar-refractivity contribution in [2.75, 3.05) is 4.90 Å². The number of rotatable bonds is 6. The summed E-state index contributed by atoms with van der Waals surface area (Å²) in [5.41, 5.74) is 17.1. The lowest BCUT2D eigenvalue weighted by atomic mass is 9.66. The summed E-state index contributed by atoms with van der Waals surface area (Å²) in [6.45, 7) is 0. The van der Waals surface area contributed by atoms with Crippen molar-refractivity contribution in [3.63, 3.8) is 0 Å². The third kappa shape index (κ3) is 5.33. The van der Waals surface area contributed by atoms with E-state index in [1.54, 1.807) is 0 Å². The van der Waals surface area contributed by atoms with Crippen molar-refractivity contribution in [2.24, 2.45) is 0 Å². The van der Waals surface area contributed by atoms with Crippen LogP contribution in [-0.4, -0.2) is 0 Å². The van der Waals surface area contributed by atoms with Gasteiger partial charge >= 0.3 is 0 Å². The average molecular weight is 728 g/mol. The summed E-state index contributed by atoms with van der Waals surface area (Å²) in [5, 5.41) is 0. The Bertz CT molecular complexity index is 2870. The molecule has 0 bridgehead atoms. The number of hydrogen-bond acceptors (Lipinski definition) is 2. The van der Waals surface area contributed by atoms with Crippen LogP contribution >= 0.6 is 0 Å². The van der Waals surface area contributed by atoms with Crippen LogP contribution in [0.3, 0.4) is 0 Å². The third-order valence-corrected chi connectivity index (χ3v) is 11.7. The number of ether oxygens (including phenoxy) is 1. The minimum absolute atomic E-state index is 0.619. The van der Waals surface area contributed by atoms with E-state index in [4.69, 9.17) is 4.74 Å². The van der Waals surface area contributed by atoms with E-state index < -0.39 is 5.41 Å². The molecule has 0 saturated carbocycles. The number of anilines is 3. The largest absolute Gasteiger partial charge is 0.457 e. The van der Waals surface area contributed by atoms with Crippen LogP contribution in [0.1, 0.15) is 22.3 Å². The quantitative estimate of drug-likeness (QED) is 0.169. The zero-order chi connectivity index (χ0) is 37.8. The lowest BCUT2D eigenvalue weighted by molar-refractivity contribution is 0.436. The first-order chi connectivity index (χ1) is 28.3. The third-order valence-electron chi connectivity index (χ3n) is 11.7. The topological polar surface area (TPSA) is 12.5 Å². The first-order valence-electron chi connectivity index (χ1n) is 19.6. The average Bonchev–Trinajstić information content (AvgIpc) is 3.57. The van der Waals surface area contributed by atoms with E-state index >= 15 is 0 Å². The van der Waals surface area contributed by atoms with E-state index in [-0.39, 0.29) is 0 Å². The molecule has 9 aromatic rings. The molecular weight excluding hydrogens is 691 g/mol. The van der Waals surface area contributed by atoms with Gasteiger partial charge in [0.2, 0.25) is 0 Å². The van der Waals surface area contributed by atoms with Crippen LogP contribution in [-0.2, 0) is 5.41 Å². The molecule has 11 rings (SSSR count). The van der Waals surface area contributed by atoms with E-state index in [2.05, 4.69) is 229 Å². The Morgan fingerprint density at radius 3 is 1.32 bits per heavy atom. The Labute approximate surface area is 333 Å². The van der Waals surface area contributed by atoms with Crippen LogP contribution in [0.2, 0.25) is 0 Å². The molecule has 2 aliphatic rings. The Morgan fingerprint density at radius 2 is 0.702 bits per heavy atom. The zero-order valence-electron chi connectivity index (χ0n) is 31.2. The van der Waals surface area contributed by atoms with Crippen molar-refractivity contribution < 1.29 is 4.74 Å². The highest BCUT2D eigenvalue weighted by Crippen LogP contribution is 2.63. The Kier molecular flexibility index (Phi) is 7.75. The Morgan fingerprint density at radius 1 is 0.281 bits per heavy atom. The van der Waals surface area contributed by atoms with Gasteiger partial charge in [-0.2, -0.15) is 0 Å². The first kappa shape index (κ1) is 33.0. The highest BCUT2D eigenvalue weighted by Gasteiger charge is 2.51. The maximum atomic E-state index is 6.72. The van der Waals surface area contributed by atoms with Gasteiger partial charge in [0, 0.05) is 28.2 Å². The summed E-state index contributed by atoms with van der Waals surface area (Å²) in [6, 6.07) is 81.1. The molecule has 0 radical (unpaired) electrons. The second-order valence-electron chi connectivity index (χ2n) is 14.9. The van der Waals surface area contributed by atoms with Crippen molar-refractivity contribution in [2.45, 2.75) is 5.41 Å². The molecule has 0 N–H and O–H groups in total. The van der Waals surface area contributed by atoms with E-state index in [9.17, 15) is 0 Å². The van der Waals surface area contributed by atoms with Crippen molar-refractivity contribution in [3.8, 4) is 56.0 Å². The Hall–Kier alpha value is -7.42. The summed E-state index contributed by atoms with van der Waals surface area (Å²) in [6.07, 6.45) is 0. The highest BCUT2D eigenvalue weighted by atomic mass is 16.5. The molecular formula is C55H37NO. The fourth-order valence-corrected chi connectivity index (χ4v) is 9.17. The monoisotopic (exact) mass is 727 g/mol. The number of hydrogen-bond donors (Lipinski definition) is 0. The second kappa shape index (κ2) is 13.4. The molecule has 2 heteroatoms. The molecule has 1 aliphatic heterocycles. The molecule has 2 nitrogen and oxygen atoms in total. The first-order valence-corrected chi connectivity index (χ1v) is 19.6. The molecule has 0 atom stereocenters. The molecule has 1 aliphatic carbocycles. The summed E-state index contributed by atoms with van der Waals surface area (Å²) in [7, 11) is 0. The molecule has 9 aromatic carbocycles. The molecule has 0 aromatic heterocycles. The van der Waals surface area contributed by atoms with Crippen LogP contribution in [0.4, 0.5) is 17.1 Å². The van der Waals surface area contributed by atoms with Crippen LogP contribution in [0.15, 0.2) is 224 Å². The van der Waals surface area contributed by atoms with Crippen molar-refractivity contribution in [1.29, 1.82) is 0 Å². The second-order valence-corrected chi connectivity index (χ2v) is 14.9. The number of para-hydroxylation sites is 2. The lowest BCUT2D eigenvalue weighted by Crippen LogP contribution is -2.32. The molecule has 1 spiro atoms. The lowest BCUT2D eigenvalue weighted by Gasteiger charge is -2.40. The summed E-state index contributed by atoms with van der Waals surface area (Å²) in [4.78, 5) is 2.41. The summed E-state index contributed by atoms with van der Waals surface area (Å²) >= 11 is 0. The smallest absolute Gasteiger partial charge is 0.132 e. The van der Waals surface area contributed by atoms with Gasteiger partial charge in [-0.15, -0.1) is 0 Å². The molecule has 268 valence electrons. The van der Waals surface area contributed by atoms with E-state index in [1.807, 2.05) is 0 Å². The molecule has 0 fully saturated rings. The molecule has 0 saturated heterocycles. The van der Waals surface area contributed by atoms with Crippen LogP contribution in [0, 0.1) is 0 Å². The summed E-state index contributed by atoms with van der Waals surface area (Å²) in [5.74, 6) is 1.77. The van der Waals surface area contributed by atoms with Gasteiger partial charge < -0.3 is 9.64 Å². The van der Waals surface area contributed by atoms with Gasteiger partial charge in [0.15, 0.2) is 0 Å².